The minimum absolute atomic E-state index is 0.790. The summed E-state index contributed by atoms with van der Waals surface area (Å²) in [6, 6.07) is 0. The average molecular weight is 242 g/mol. The van der Waals surface area contributed by atoms with E-state index in [1.54, 1.807) is 0 Å². The summed E-state index contributed by atoms with van der Waals surface area (Å²) in [6.07, 6.45) is 4.24. The van der Waals surface area contributed by atoms with Crippen molar-refractivity contribution in [1.82, 2.24) is 9.80 Å². The van der Waals surface area contributed by atoms with E-state index >= 15 is 0 Å². The first-order chi connectivity index (χ1) is 7.81. The summed E-state index contributed by atoms with van der Waals surface area (Å²) in [6.45, 7) is 10.0. The molecule has 0 N–H and O–H groups in total. The van der Waals surface area contributed by atoms with Crippen molar-refractivity contribution in [3.05, 3.63) is 0 Å². The van der Waals surface area contributed by atoms with Crippen molar-refractivity contribution >= 4 is 12.6 Å². The molecule has 0 aromatic heterocycles. The normalized spacial score (nSPS) is 25.9. The average Bonchev–Trinajstić information content (AvgIpc) is 3.12. The second-order valence-corrected chi connectivity index (χ2v) is 5.87. The summed E-state index contributed by atoms with van der Waals surface area (Å²) in [5.74, 6) is 2.88. The monoisotopic (exact) mass is 242 g/mol. The van der Waals surface area contributed by atoms with Gasteiger partial charge in [0.25, 0.3) is 0 Å². The molecule has 16 heavy (non-hydrogen) atoms. The van der Waals surface area contributed by atoms with Gasteiger partial charge >= 0.3 is 0 Å². The van der Waals surface area contributed by atoms with E-state index in [-0.39, 0.29) is 0 Å². The van der Waals surface area contributed by atoms with Crippen LogP contribution in [0.5, 0.6) is 0 Å². The number of thiol groups is 1. The Bertz CT molecular complexity index is 194. The van der Waals surface area contributed by atoms with Crippen molar-refractivity contribution in [1.29, 1.82) is 0 Å². The van der Waals surface area contributed by atoms with Gasteiger partial charge in [-0.3, -0.25) is 0 Å². The third kappa shape index (κ3) is 3.94. The molecule has 0 radical (unpaired) electrons. The predicted molar refractivity (Wildman–Crippen MR) is 73.2 cm³/mol. The third-order valence-corrected chi connectivity index (χ3v) is 4.55. The SMILES string of the molecule is CCC(CS)CN1CCN(CC2CC2)CC1. The van der Waals surface area contributed by atoms with Crippen molar-refractivity contribution in [3.8, 4) is 0 Å². The molecule has 0 aromatic carbocycles. The van der Waals surface area contributed by atoms with Gasteiger partial charge in [0.05, 0.1) is 0 Å². The number of hydrogen-bond donors (Lipinski definition) is 1. The number of nitrogens with zero attached hydrogens (tertiary/aromatic N) is 2. The zero-order valence-corrected chi connectivity index (χ0v) is 11.5. The van der Waals surface area contributed by atoms with Gasteiger partial charge in [-0.15, -0.1) is 0 Å². The molecular weight excluding hydrogens is 216 g/mol. The Hall–Kier alpha value is 0.270. The van der Waals surface area contributed by atoms with E-state index in [9.17, 15) is 0 Å². The van der Waals surface area contributed by atoms with Crippen LogP contribution in [0.4, 0.5) is 0 Å². The second kappa shape index (κ2) is 6.27. The fourth-order valence-electron chi connectivity index (χ4n) is 2.50. The zero-order chi connectivity index (χ0) is 11.4. The summed E-state index contributed by atoms with van der Waals surface area (Å²) < 4.78 is 0. The van der Waals surface area contributed by atoms with Gasteiger partial charge in [-0.1, -0.05) is 13.3 Å². The molecular formula is C13H26N2S. The van der Waals surface area contributed by atoms with Gasteiger partial charge in [0.2, 0.25) is 0 Å². The Morgan fingerprint density at radius 2 is 1.75 bits per heavy atom. The van der Waals surface area contributed by atoms with E-state index in [1.165, 1.54) is 58.5 Å². The molecule has 94 valence electrons. The van der Waals surface area contributed by atoms with Crippen molar-refractivity contribution in [2.45, 2.75) is 26.2 Å². The molecule has 1 unspecified atom stereocenters. The van der Waals surface area contributed by atoms with Crippen molar-refractivity contribution in [2.75, 3.05) is 45.0 Å². The molecule has 1 aliphatic heterocycles. The zero-order valence-electron chi connectivity index (χ0n) is 10.6. The Kier molecular flexibility index (Phi) is 4.98. The van der Waals surface area contributed by atoms with Crippen LogP contribution in [0.2, 0.25) is 0 Å². The molecule has 1 aliphatic carbocycles. The van der Waals surface area contributed by atoms with E-state index < -0.39 is 0 Å². The molecule has 0 amide bonds. The Labute approximate surface area is 106 Å². The maximum atomic E-state index is 4.43. The molecule has 2 nitrogen and oxygen atoms in total. The van der Waals surface area contributed by atoms with Crippen molar-refractivity contribution in [2.24, 2.45) is 11.8 Å². The topological polar surface area (TPSA) is 6.48 Å². The van der Waals surface area contributed by atoms with E-state index in [1.807, 2.05) is 0 Å². The number of hydrogen-bond acceptors (Lipinski definition) is 3. The lowest BCUT2D eigenvalue weighted by atomic mass is 10.1. The first-order valence-corrected chi connectivity index (χ1v) is 7.50. The second-order valence-electron chi connectivity index (χ2n) is 5.50. The van der Waals surface area contributed by atoms with E-state index in [0.29, 0.717) is 0 Å². The van der Waals surface area contributed by atoms with Gasteiger partial charge in [0, 0.05) is 39.3 Å². The van der Waals surface area contributed by atoms with E-state index in [4.69, 9.17) is 0 Å². The molecule has 0 bridgehead atoms. The molecule has 0 aromatic rings. The smallest absolute Gasteiger partial charge is 0.0110 e. The summed E-state index contributed by atoms with van der Waals surface area (Å²) in [7, 11) is 0. The maximum absolute atomic E-state index is 4.43. The first kappa shape index (κ1) is 12.7. The standard InChI is InChI=1S/C13H26N2S/c1-2-12(11-16)9-14-5-7-15(8-6-14)10-13-3-4-13/h12-13,16H,2-11H2,1H3. The van der Waals surface area contributed by atoms with Crippen molar-refractivity contribution in [3.63, 3.8) is 0 Å². The summed E-state index contributed by atoms with van der Waals surface area (Å²) in [5, 5.41) is 0. The van der Waals surface area contributed by atoms with Crippen LogP contribution in [0.25, 0.3) is 0 Å². The lowest BCUT2D eigenvalue weighted by Gasteiger charge is -2.36. The quantitative estimate of drug-likeness (QED) is 0.712. The first-order valence-electron chi connectivity index (χ1n) is 6.87. The molecule has 1 saturated carbocycles. The van der Waals surface area contributed by atoms with Crippen LogP contribution in [0.1, 0.15) is 26.2 Å². The summed E-state index contributed by atoms with van der Waals surface area (Å²) in [5.41, 5.74) is 0. The van der Waals surface area contributed by atoms with Crippen LogP contribution in [0.3, 0.4) is 0 Å². The van der Waals surface area contributed by atoms with E-state index in [2.05, 4.69) is 29.4 Å². The van der Waals surface area contributed by atoms with Crippen LogP contribution in [0.15, 0.2) is 0 Å². The minimum atomic E-state index is 0.790. The highest BCUT2D eigenvalue weighted by Crippen LogP contribution is 2.29. The van der Waals surface area contributed by atoms with Crippen LogP contribution >= 0.6 is 12.6 Å². The van der Waals surface area contributed by atoms with Gasteiger partial charge < -0.3 is 9.80 Å². The Morgan fingerprint density at radius 3 is 2.25 bits per heavy atom. The van der Waals surface area contributed by atoms with Crippen molar-refractivity contribution < 1.29 is 0 Å². The van der Waals surface area contributed by atoms with Gasteiger partial charge in [-0.25, -0.2) is 0 Å². The fraction of sp³-hybridized carbons (Fsp3) is 1.00. The number of rotatable bonds is 6. The maximum Gasteiger partial charge on any atom is 0.0110 e. The molecule has 2 rings (SSSR count). The third-order valence-electron chi connectivity index (χ3n) is 4.03. The molecule has 1 atom stereocenters. The Morgan fingerprint density at radius 1 is 1.12 bits per heavy atom. The lowest BCUT2D eigenvalue weighted by molar-refractivity contribution is 0.116. The van der Waals surface area contributed by atoms with Gasteiger partial charge in [-0.05, 0) is 30.4 Å². The molecule has 3 heteroatoms. The van der Waals surface area contributed by atoms with Crippen LogP contribution < -0.4 is 0 Å². The predicted octanol–water partition coefficient (Wildman–Crippen LogP) is 1.97. The fourth-order valence-corrected chi connectivity index (χ4v) is 2.87. The van der Waals surface area contributed by atoms with E-state index in [0.717, 1.165) is 17.6 Å². The minimum Gasteiger partial charge on any atom is -0.301 e. The van der Waals surface area contributed by atoms with Crippen LogP contribution in [-0.2, 0) is 0 Å². The molecule has 1 saturated heterocycles. The highest BCUT2D eigenvalue weighted by Gasteiger charge is 2.26. The molecule has 2 aliphatic rings. The molecule has 0 spiro atoms. The van der Waals surface area contributed by atoms with Gasteiger partial charge in [-0.2, -0.15) is 12.6 Å². The molecule has 1 heterocycles. The lowest BCUT2D eigenvalue weighted by Crippen LogP contribution is -2.48. The summed E-state index contributed by atoms with van der Waals surface area (Å²) in [4.78, 5) is 5.30. The van der Waals surface area contributed by atoms with Gasteiger partial charge in [0.15, 0.2) is 0 Å². The molecule has 2 fully saturated rings. The highest BCUT2D eigenvalue weighted by atomic mass is 32.1. The summed E-state index contributed by atoms with van der Waals surface area (Å²) >= 11 is 4.43. The largest absolute Gasteiger partial charge is 0.301 e. The highest BCUT2D eigenvalue weighted by molar-refractivity contribution is 7.80. The van der Waals surface area contributed by atoms with Crippen LogP contribution in [0, 0.1) is 11.8 Å². The Balaban J connectivity index is 1.63. The van der Waals surface area contributed by atoms with Gasteiger partial charge in [0.1, 0.15) is 0 Å². The van der Waals surface area contributed by atoms with Crippen LogP contribution in [-0.4, -0.2) is 54.8 Å². The number of piperazine rings is 1.